The van der Waals surface area contributed by atoms with Gasteiger partial charge >= 0.3 is 5.97 Å². The first-order valence-corrected chi connectivity index (χ1v) is 3.02. The van der Waals surface area contributed by atoms with Gasteiger partial charge in [-0.15, -0.1) is 0 Å². The summed E-state index contributed by atoms with van der Waals surface area (Å²) in [6, 6.07) is 0. The molecule has 0 aromatic rings. The van der Waals surface area contributed by atoms with Gasteiger partial charge in [0.1, 0.15) is 0 Å². The Kier molecular flexibility index (Phi) is 3.69. The number of hydrogen-bond acceptors (Lipinski definition) is 2. The quantitative estimate of drug-likeness (QED) is 0.438. The predicted molar refractivity (Wildman–Crippen MR) is 36.1 cm³/mol. The molecule has 0 saturated carbocycles. The van der Waals surface area contributed by atoms with Crippen LogP contribution >= 0.6 is 0 Å². The summed E-state index contributed by atoms with van der Waals surface area (Å²) in [6.45, 7) is 4.64. The third-order valence-electron chi connectivity index (χ3n) is 0.685. The topological polar surface area (TPSA) is 26.3 Å². The molecule has 10 heavy (non-hydrogen) atoms. The summed E-state index contributed by atoms with van der Waals surface area (Å²) in [7, 11) is 0. The van der Waals surface area contributed by atoms with Crippen LogP contribution in [-0.4, -0.2) is 12.3 Å². The molecule has 0 rings (SSSR count). The van der Waals surface area contributed by atoms with Gasteiger partial charge in [0.25, 0.3) is 0 Å². The van der Waals surface area contributed by atoms with Crippen molar-refractivity contribution in [3.63, 3.8) is 0 Å². The standard InChI is InChI=1S/C7H11FO2/c1-5(2)4-7(9)10-6(3)8/h4,6H,1-3H3. The van der Waals surface area contributed by atoms with Gasteiger partial charge in [0.15, 0.2) is 0 Å². The van der Waals surface area contributed by atoms with Crippen LogP contribution in [0.3, 0.4) is 0 Å². The highest BCUT2D eigenvalue weighted by atomic mass is 19.1. The van der Waals surface area contributed by atoms with Gasteiger partial charge in [0.05, 0.1) is 0 Å². The van der Waals surface area contributed by atoms with Gasteiger partial charge in [-0.05, 0) is 13.8 Å². The molecule has 3 heteroatoms. The van der Waals surface area contributed by atoms with Crippen molar-refractivity contribution in [3.8, 4) is 0 Å². The maximum atomic E-state index is 11.9. The van der Waals surface area contributed by atoms with Crippen molar-refractivity contribution in [3.05, 3.63) is 11.6 Å². The van der Waals surface area contributed by atoms with Gasteiger partial charge in [-0.2, -0.15) is 0 Å². The molecule has 58 valence electrons. The largest absolute Gasteiger partial charge is 0.428 e. The molecular weight excluding hydrogens is 135 g/mol. The highest BCUT2D eigenvalue weighted by Crippen LogP contribution is 1.95. The third kappa shape index (κ3) is 5.28. The van der Waals surface area contributed by atoms with Crippen LogP contribution in [0.1, 0.15) is 20.8 Å². The monoisotopic (exact) mass is 146 g/mol. The number of carbonyl (C=O) groups is 1. The van der Waals surface area contributed by atoms with E-state index >= 15 is 0 Å². The maximum absolute atomic E-state index is 11.9. The van der Waals surface area contributed by atoms with Crippen LogP contribution in [0, 0.1) is 0 Å². The first-order chi connectivity index (χ1) is 4.52. The molecule has 0 N–H and O–H groups in total. The zero-order valence-electron chi connectivity index (χ0n) is 6.35. The van der Waals surface area contributed by atoms with Crippen LogP contribution in [0.4, 0.5) is 4.39 Å². The normalized spacial score (nSPS) is 12.0. The van der Waals surface area contributed by atoms with Gasteiger partial charge in [-0.25, -0.2) is 9.18 Å². The minimum atomic E-state index is -1.52. The Balaban J connectivity index is 3.76. The fourth-order valence-electron chi connectivity index (χ4n) is 0.430. The van der Waals surface area contributed by atoms with E-state index in [4.69, 9.17) is 0 Å². The average molecular weight is 146 g/mol. The Labute approximate surface area is 59.7 Å². The van der Waals surface area contributed by atoms with Gasteiger partial charge in [-0.3, -0.25) is 0 Å². The smallest absolute Gasteiger partial charge is 0.333 e. The summed E-state index contributed by atoms with van der Waals surface area (Å²) >= 11 is 0. The number of alkyl halides is 1. The van der Waals surface area contributed by atoms with E-state index in [1.165, 1.54) is 6.08 Å². The Morgan fingerprint density at radius 3 is 2.40 bits per heavy atom. The molecule has 0 aromatic heterocycles. The number of hydrogen-bond donors (Lipinski definition) is 0. The molecule has 0 aliphatic heterocycles. The van der Waals surface area contributed by atoms with E-state index in [0.717, 1.165) is 12.5 Å². The third-order valence-corrected chi connectivity index (χ3v) is 0.685. The molecular formula is C7H11FO2. The average Bonchev–Trinajstić information content (AvgIpc) is 1.58. The minimum absolute atomic E-state index is 0.630. The molecule has 1 atom stereocenters. The fraction of sp³-hybridized carbons (Fsp3) is 0.571. The predicted octanol–water partition coefficient (Wildman–Crippen LogP) is 1.81. The molecule has 0 aromatic carbocycles. The molecule has 0 spiro atoms. The lowest BCUT2D eigenvalue weighted by Gasteiger charge is -2.00. The van der Waals surface area contributed by atoms with Crippen LogP contribution < -0.4 is 0 Å². The van der Waals surface area contributed by atoms with E-state index in [0.29, 0.717) is 0 Å². The van der Waals surface area contributed by atoms with Crippen molar-refractivity contribution >= 4 is 5.97 Å². The second-order valence-corrected chi connectivity index (χ2v) is 2.20. The lowest BCUT2D eigenvalue weighted by molar-refractivity contribution is -0.149. The number of carbonyl (C=O) groups excluding carboxylic acids is 1. The molecule has 0 amide bonds. The van der Waals surface area contributed by atoms with Crippen molar-refractivity contribution in [2.24, 2.45) is 0 Å². The van der Waals surface area contributed by atoms with Crippen molar-refractivity contribution in [2.45, 2.75) is 27.1 Å². The molecule has 0 fully saturated rings. The zero-order valence-corrected chi connectivity index (χ0v) is 6.35. The number of halogens is 1. The molecule has 0 radical (unpaired) electrons. The van der Waals surface area contributed by atoms with E-state index in [1.807, 2.05) is 0 Å². The highest BCUT2D eigenvalue weighted by molar-refractivity contribution is 5.82. The number of rotatable bonds is 2. The summed E-state index contributed by atoms with van der Waals surface area (Å²) < 4.78 is 16.1. The second-order valence-electron chi connectivity index (χ2n) is 2.20. The number of esters is 1. The summed E-state index contributed by atoms with van der Waals surface area (Å²) in [6.07, 6.45) is -0.279. The minimum Gasteiger partial charge on any atom is -0.428 e. The highest BCUT2D eigenvalue weighted by Gasteiger charge is 2.02. The van der Waals surface area contributed by atoms with Crippen LogP contribution in [0.2, 0.25) is 0 Å². The molecule has 1 unspecified atom stereocenters. The van der Waals surface area contributed by atoms with Gasteiger partial charge in [0, 0.05) is 13.0 Å². The molecule has 0 heterocycles. The molecule has 2 nitrogen and oxygen atoms in total. The first-order valence-electron chi connectivity index (χ1n) is 3.02. The van der Waals surface area contributed by atoms with E-state index in [9.17, 15) is 9.18 Å². The van der Waals surface area contributed by atoms with E-state index in [1.54, 1.807) is 13.8 Å². The van der Waals surface area contributed by atoms with Crippen LogP contribution in [0.5, 0.6) is 0 Å². The Morgan fingerprint density at radius 1 is 1.60 bits per heavy atom. The number of ether oxygens (including phenoxy) is 1. The maximum Gasteiger partial charge on any atom is 0.333 e. The van der Waals surface area contributed by atoms with Gasteiger partial charge in [0.2, 0.25) is 6.36 Å². The SMILES string of the molecule is CC(C)=CC(=O)OC(C)F. The Morgan fingerprint density at radius 2 is 2.10 bits per heavy atom. The Bertz CT molecular complexity index is 146. The second kappa shape index (κ2) is 4.04. The molecule has 0 aliphatic carbocycles. The first kappa shape index (κ1) is 9.14. The summed E-state index contributed by atoms with van der Waals surface area (Å²) in [5, 5.41) is 0. The van der Waals surface area contributed by atoms with Crippen molar-refractivity contribution < 1.29 is 13.9 Å². The van der Waals surface area contributed by atoms with Crippen LogP contribution in [0.15, 0.2) is 11.6 Å². The summed E-state index contributed by atoms with van der Waals surface area (Å²) in [5.74, 6) is -0.630. The van der Waals surface area contributed by atoms with Crippen molar-refractivity contribution in [1.82, 2.24) is 0 Å². The Hall–Kier alpha value is -0.860. The van der Waals surface area contributed by atoms with E-state index in [2.05, 4.69) is 4.74 Å². The lowest BCUT2D eigenvalue weighted by atomic mass is 10.3. The molecule has 0 bridgehead atoms. The lowest BCUT2D eigenvalue weighted by Crippen LogP contribution is -2.07. The summed E-state index contributed by atoms with van der Waals surface area (Å²) in [5.41, 5.74) is 0.797. The van der Waals surface area contributed by atoms with Crippen LogP contribution in [0.25, 0.3) is 0 Å². The van der Waals surface area contributed by atoms with Gasteiger partial charge in [-0.1, -0.05) is 5.57 Å². The zero-order chi connectivity index (χ0) is 8.15. The number of allylic oxidation sites excluding steroid dienone is 1. The van der Waals surface area contributed by atoms with Gasteiger partial charge < -0.3 is 4.74 Å². The summed E-state index contributed by atoms with van der Waals surface area (Å²) in [4.78, 5) is 10.5. The molecule has 0 saturated heterocycles. The van der Waals surface area contributed by atoms with Crippen LogP contribution in [-0.2, 0) is 9.53 Å². The van der Waals surface area contributed by atoms with Crippen molar-refractivity contribution in [2.75, 3.05) is 0 Å². The van der Waals surface area contributed by atoms with E-state index in [-0.39, 0.29) is 0 Å². The van der Waals surface area contributed by atoms with Crippen molar-refractivity contribution in [1.29, 1.82) is 0 Å². The fourth-order valence-corrected chi connectivity index (χ4v) is 0.430. The van der Waals surface area contributed by atoms with E-state index < -0.39 is 12.3 Å². The molecule has 0 aliphatic rings.